The molecule has 5 heteroatoms. The molecule has 0 aliphatic heterocycles. The van der Waals surface area contributed by atoms with Gasteiger partial charge in [-0.3, -0.25) is 0 Å². The van der Waals surface area contributed by atoms with E-state index in [0.29, 0.717) is 5.56 Å². The molecule has 1 heterocycles. The third kappa shape index (κ3) is 3.13. The zero-order chi connectivity index (χ0) is 12.1. The third-order valence-corrected chi connectivity index (χ3v) is 2.75. The van der Waals surface area contributed by atoms with E-state index in [1.807, 2.05) is 25.9 Å². The molecular formula is C11H16N2O2S. The van der Waals surface area contributed by atoms with Gasteiger partial charge in [0.1, 0.15) is 5.82 Å². The van der Waals surface area contributed by atoms with E-state index >= 15 is 0 Å². The van der Waals surface area contributed by atoms with Crippen molar-refractivity contribution in [3.8, 4) is 0 Å². The Morgan fingerprint density at radius 3 is 2.69 bits per heavy atom. The van der Waals surface area contributed by atoms with Crippen molar-refractivity contribution in [1.29, 1.82) is 0 Å². The average Bonchev–Trinajstić information content (AvgIpc) is 2.28. The SMILES string of the molecule is CCSc1cc(C(=O)OC)cc(N(C)C)n1. The largest absolute Gasteiger partial charge is 0.465 e. The number of carbonyl (C=O) groups excluding carboxylic acids is 1. The Balaban J connectivity index is 3.13. The van der Waals surface area contributed by atoms with Crippen molar-refractivity contribution >= 4 is 23.5 Å². The molecule has 16 heavy (non-hydrogen) atoms. The Kier molecular flexibility index (Phi) is 4.61. The van der Waals surface area contributed by atoms with Crippen molar-refractivity contribution in [3.05, 3.63) is 17.7 Å². The van der Waals surface area contributed by atoms with Gasteiger partial charge in [-0.1, -0.05) is 6.92 Å². The fraction of sp³-hybridized carbons (Fsp3) is 0.455. The Morgan fingerprint density at radius 1 is 1.50 bits per heavy atom. The van der Waals surface area contributed by atoms with E-state index in [0.717, 1.165) is 16.6 Å². The average molecular weight is 240 g/mol. The van der Waals surface area contributed by atoms with E-state index in [9.17, 15) is 4.79 Å². The minimum absolute atomic E-state index is 0.330. The number of carbonyl (C=O) groups is 1. The normalized spacial score (nSPS) is 10.0. The van der Waals surface area contributed by atoms with Crippen molar-refractivity contribution in [2.24, 2.45) is 0 Å². The van der Waals surface area contributed by atoms with Crippen LogP contribution in [0.25, 0.3) is 0 Å². The number of thioether (sulfide) groups is 1. The van der Waals surface area contributed by atoms with Crippen LogP contribution in [0.4, 0.5) is 5.82 Å². The van der Waals surface area contributed by atoms with E-state index in [2.05, 4.69) is 4.98 Å². The molecule has 0 aliphatic rings. The molecule has 1 aromatic rings. The second kappa shape index (κ2) is 5.75. The minimum Gasteiger partial charge on any atom is -0.465 e. The molecule has 0 aromatic carbocycles. The first-order valence-electron chi connectivity index (χ1n) is 4.99. The molecule has 88 valence electrons. The van der Waals surface area contributed by atoms with Gasteiger partial charge in [0.2, 0.25) is 0 Å². The van der Waals surface area contributed by atoms with Gasteiger partial charge in [-0.05, 0) is 17.9 Å². The summed E-state index contributed by atoms with van der Waals surface area (Å²) in [5, 5.41) is 0.842. The van der Waals surface area contributed by atoms with Crippen molar-refractivity contribution in [2.45, 2.75) is 11.9 Å². The van der Waals surface area contributed by atoms with Gasteiger partial charge in [-0.2, -0.15) is 0 Å². The summed E-state index contributed by atoms with van der Waals surface area (Å²) in [6, 6.07) is 3.48. The number of esters is 1. The number of nitrogens with zero attached hydrogens (tertiary/aromatic N) is 2. The lowest BCUT2D eigenvalue weighted by atomic mass is 10.2. The molecule has 0 unspecified atom stereocenters. The van der Waals surface area contributed by atoms with Crippen LogP contribution >= 0.6 is 11.8 Å². The Hall–Kier alpha value is -1.23. The maximum atomic E-state index is 11.5. The highest BCUT2D eigenvalue weighted by molar-refractivity contribution is 7.99. The highest BCUT2D eigenvalue weighted by atomic mass is 32.2. The topological polar surface area (TPSA) is 42.4 Å². The van der Waals surface area contributed by atoms with Gasteiger partial charge < -0.3 is 9.64 Å². The maximum Gasteiger partial charge on any atom is 0.338 e. The van der Waals surface area contributed by atoms with Crippen LogP contribution in [0.15, 0.2) is 17.2 Å². The van der Waals surface area contributed by atoms with Crippen molar-refractivity contribution in [2.75, 3.05) is 31.9 Å². The monoisotopic (exact) mass is 240 g/mol. The van der Waals surface area contributed by atoms with Crippen molar-refractivity contribution in [3.63, 3.8) is 0 Å². The summed E-state index contributed by atoms with van der Waals surface area (Å²) in [6.07, 6.45) is 0. The van der Waals surface area contributed by atoms with Crippen LogP contribution in [0.3, 0.4) is 0 Å². The standard InChI is InChI=1S/C11H16N2O2S/c1-5-16-10-7-8(11(14)15-4)6-9(12-10)13(2)3/h6-7H,5H2,1-4H3. The highest BCUT2D eigenvalue weighted by Crippen LogP contribution is 2.21. The van der Waals surface area contributed by atoms with Crippen LogP contribution in [0, 0.1) is 0 Å². The number of rotatable bonds is 4. The summed E-state index contributed by atoms with van der Waals surface area (Å²) in [5.74, 6) is 1.35. The first-order valence-corrected chi connectivity index (χ1v) is 5.97. The summed E-state index contributed by atoms with van der Waals surface area (Å²) in [5.41, 5.74) is 0.539. The van der Waals surface area contributed by atoms with Gasteiger partial charge in [0, 0.05) is 14.1 Å². The molecule has 0 radical (unpaired) electrons. The molecule has 0 fully saturated rings. The number of methoxy groups -OCH3 is 1. The van der Waals surface area contributed by atoms with Crippen LogP contribution in [0.5, 0.6) is 0 Å². The third-order valence-electron chi connectivity index (χ3n) is 1.96. The first-order chi connectivity index (χ1) is 7.58. The molecule has 0 bridgehead atoms. The molecule has 0 atom stereocenters. The van der Waals surface area contributed by atoms with Crippen LogP contribution in [0.1, 0.15) is 17.3 Å². The Bertz CT molecular complexity index is 380. The van der Waals surface area contributed by atoms with E-state index in [1.165, 1.54) is 7.11 Å². The van der Waals surface area contributed by atoms with Crippen LogP contribution < -0.4 is 4.90 Å². The molecule has 1 rings (SSSR count). The van der Waals surface area contributed by atoms with Gasteiger partial charge in [0.05, 0.1) is 17.7 Å². The Morgan fingerprint density at radius 2 is 2.19 bits per heavy atom. The number of pyridine rings is 1. The molecule has 0 saturated heterocycles. The van der Waals surface area contributed by atoms with Crippen LogP contribution in [0.2, 0.25) is 0 Å². The molecule has 0 N–H and O–H groups in total. The zero-order valence-corrected chi connectivity index (χ0v) is 10.8. The van der Waals surface area contributed by atoms with Gasteiger partial charge in [-0.15, -0.1) is 11.8 Å². The van der Waals surface area contributed by atoms with Gasteiger partial charge in [-0.25, -0.2) is 9.78 Å². The number of hydrogen-bond acceptors (Lipinski definition) is 5. The van der Waals surface area contributed by atoms with Gasteiger partial charge >= 0.3 is 5.97 Å². The molecule has 0 aliphatic carbocycles. The second-order valence-corrected chi connectivity index (χ2v) is 4.66. The summed E-state index contributed by atoms with van der Waals surface area (Å²) in [7, 11) is 5.16. The lowest BCUT2D eigenvalue weighted by molar-refractivity contribution is 0.0600. The van der Waals surface area contributed by atoms with E-state index in [4.69, 9.17) is 4.74 Å². The van der Waals surface area contributed by atoms with Gasteiger partial charge in [0.25, 0.3) is 0 Å². The summed E-state index contributed by atoms with van der Waals surface area (Å²) >= 11 is 1.60. The number of anilines is 1. The lowest BCUT2D eigenvalue weighted by Crippen LogP contribution is -2.13. The predicted octanol–water partition coefficient (Wildman–Crippen LogP) is 2.05. The fourth-order valence-electron chi connectivity index (χ4n) is 1.18. The van der Waals surface area contributed by atoms with E-state index in [-0.39, 0.29) is 5.97 Å². The number of aromatic nitrogens is 1. The summed E-state index contributed by atoms with van der Waals surface area (Å²) in [4.78, 5) is 17.8. The molecule has 0 spiro atoms. The van der Waals surface area contributed by atoms with Crippen molar-refractivity contribution < 1.29 is 9.53 Å². The van der Waals surface area contributed by atoms with E-state index < -0.39 is 0 Å². The summed E-state index contributed by atoms with van der Waals surface area (Å²) in [6.45, 7) is 2.05. The maximum absolute atomic E-state index is 11.5. The first kappa shape index (κ1) is 12.8. The molecule has 0 amide bonds. The second-order valence-electron chi connectivity index (χ2n) is 3.37. The predicted molar refractivity (Wildman–Crippen MR) is 66.3 cm³/mol. The van der Waals surface area contributed by atoms with Crippen molar-refractivity contribution in [1.82, 2.24) is 4.98 Å². The minimum atomic E-state index is -0.330. The molecular weight excluding hydrogens is 224 g/mol. The van der Waals surface area contributed by atoms with Crippen LogP contribution in [-0.2, 0) is 4.74 Å². The molecule has 0 saturated carbocycles. The van der Waals surface area contributed by atoms with Gasteiger partial charge in [0.15, 0.2) is 0 Å². The number of hydrogen-bond donors (Lipinski definition) is 0. The molecule has 4 nitrogen and oxygen atoms in total. The van der Waals surface area contributed by atoms with Crippen LogP contribution in [-0.4, -0.2) is 37.9 Å². The fourth-order valence-corrected chi connectivity index (χ4v) is 1.84. The number of ether oxygens (including phenoxy) is 1. The lowest BCUT2D eigenvalue weighted by Gasteiger charge is -2.13. The quantitative estimate of drug-likeness (QED) is 0.595. The smallest absolute Gasteiger partial charge is 0.338 e. The van der Waals surface area contributed by atoms with E-state index in [1.54, 1.807) is 23.9 Å². The molecule has 1 aromatic heterocycles. The zero-order valence-electron chi connectivity index (χ0n) is 9.98. The Labute approximate surface area is 100.0 Å². The summed E-state index contributed by atoms with van der Waals surface area (Å²) < 4.78 is 4.71. The highest BCUT2D eigenvalue weighted by Gasteiger charge is 2.11.